The van der Waals surface area contributed by atoms with Crippen molar-refractivity contribution in [2.75, 3.05) is 31.8 Å². The van der Waals surface area contributed by atoms with E-state index in [-0.39, 0.29) is 12.5 Å². The SMILES string of the molecule is COc1ccncc1-c1ccc2[nH]nc(-c3ccnc(N4CCOCC4=O)c3)c2c1. The second kappa shape index (κ2) is 7.57. The molecule has 3 aromatic heterocycles. The van der Waals surface area contributed by atoms with Gasteiger partial charge in [-0.05, 0) is 35.9 Å². The number of carbonyl (C=O) groups excluding carboxylic acids is 1. The molecular formula is C22H19N5O3. The molecular weight excluding hydrogens is 382 g/mol. The molecule has 30 heavy (non-hydrogen) atoms. The largest absolute Gasteiger partial charge is 0.496 e. The fraction of sp³-hybridized carbons (Fsp3) is 0.182. The number of H-pyrrole nitrogens is 1. The number of aromatic nitrogens is 4. The Labute approximate surface area is 172 Å². The number of ether oxygens (including phenoxy) is 2. The van der Waals surface area contributed by atoms with Crippen LogP contribution in [0.25, 0.3) is 33.3 Å². The molecule has 1 fully saturated rings. The zero-order valence-corrected chi connectivity index (χ0v) is 16.3. The molecule has 1 aromatic carbocycles. The molecule has 1 aliphatic rings. The number of fused-ring (bicyclic) bond motifs is 1. The van der Waals surface area contributed by atoms with Crippen molar-refractivity contribution in [1.82, 2.24) is 20.2 Å². The summed E-state index contributed by atoms with van der Waals surface area (Å²) in [6.45, 7) is 1.06. The Balaban J connectivity index is 1.58. The fourth-order valence-corrected chi connectivity index (χ4v) is 3.65. The lowest BCUT2D eigenvalue weighted by Crippen LogP contribution is -2.42. The molecule has 8 heteroatoms. The maximum Gasteiger partial charge on any atom is 0.254 e. The number of aromatic amines is 1. The van der Waals surface area contributed by atoms with Gasteiger partial charge in [-0.25, -0.2) is 4.98 Å². The molecule has 1 amide bonds. The summed E-state index contributed by atoms with van der Waals surface area (Å²) in [4.78, 5) is 22.4. The van der Waals surface area contributed by atoms with Crippen molar-refractivity contribution in [3.8, 4) is 28.1 Å². The van der Waals surface area contributed by atoms with Crippen molar-refractivity contribution in [3.63, 3.8) is 0 Å². The van der Waals surface area contributed by atoms with E-state index in [1.807, 2.05) is 30.3 Å². The van der Waals surface area contributed by atoms with E-state index < -0.39 is 0 Å². The van der Waals surface area contributed by atoms with Gasteiger partial charge in [0.2, 0.25) is 0 Å². The Kier molecular flexibility index (Phi) is 4.61. The monoisotopic (exact) mass is 401 g/mol. The van der Waals surface area contributed by atoms with Gasteiger partial charge in [0.15, 0.2) is 0 Å². The smallest absolute Gasteiger partial charge is 0.254 e. The number of nitrogens with one attached hydrogen (secondary N) is 1. The fourth-order valence-electron chi connectivity index (χ4n) is 3.65. The van der Waals surface area contributed by atoms with E-state index in [1.165, 1.54) is 0 Å². The van der Waals surface area contributed by atoms with Crippen molar-refractivity contribution >= 4 is 22.6 Å². The van der Waals surface area contributed by atoms with Gasteiger partial charge < -0.3 is 9.47 Å². The molecule has 0 unspecified atom stereocenters. The van der Waals surface area contributed by atoms with Gasteiger partial charge in [-0.3, -0.25) is 19.8 Å². The second-order valence-corrected chi connectivity index (χ2v) is 6.91. The quantitative estimate of drug-likeness (QED) is 0.565. The summed E-state index contributed by atoms with van der Waals surface area (Å²) in [6, 6.07) is 11.7. The lowest BCUT2D eigenvalue weighted by atomic mass is 10.0. The summed E-state index contributed by atoms with van der Waals surface area (Å²) in [5.74, 6) is 1.26. The van der Waals surface area contributed by atoms with Gasteiger partial charge in [0, 0.05) is 35.1 Å². The highest BCUT2D eigenvalue weighted by atomic mass is 16.5. The average molecular weight is 401 g/mol. The van der Waals surface area contributed by atoms with Crippen LogP contribution in [0.5, 0.6) is 5.75 Å². The molecule has 8 nitrogen and oxygen atoms in total. The first-order chi connectivity index (χ1) is 14.7. The lowest BCUT2D eigenvalue weighted by molar-refractivity contribution is -0.125. The highest BCUT2D eigenvalue weighted by Gasteiger charge is 2.22. The predicted octanol–water partition coefficient (Wildman–Crippen LogP) is 3.06. The standard InChI is InChI=1S/C22H19N5O3/c1-29-19-5-6-23-12-17(19)14-2-3-18-16(10-14)22(26-25-18)15-4-7-24-20(11-15)27-8-9-30-13-21(27)28/h2-7,10-12H,8-9,13H2,1H3,(H,25,26). The lowest BCUT2D eigenvalue weighted by Gasteiger charge is -2.25. The number of methoxy groups -OCH3 is 1. The third-order valence-electron chi connectivity index (χ3n) is 5.16. The summed E-state index contributed by atoms with van der Waals surface area (Å²) in [5, 5.41) is 8.57. The molecule has 4 aromatic rings. The molecule has 0 saturated carbocycles. The van der Waals surface area contributed by atoms with E-state index in [9.17, 15) is 4.79 Å². The van der Waals surface area contributed by atoms with Crippen LogP contribution in [-0.4, -0.2) is 52.9 Å². The Morgan fingerprint density at radius 1 is 1.13 bits per heavy atom. The summed E-state index contributed by atoms with van der Waals surface area (Å²) in [5.41, 5.74) is 4.47. The van der Waals surface area contributed by atoms with Crippen LogP contribution in [0.2, 0.25) is 0 Å². The highest BCUT2D eigenvalue weighted by Crippen LogP contribution is 2.34. The van der Waals surface area contributed by atoms with E-state index in [2.05, 4.69) is 26.2 Å². The number of pyridine rings is 2. The molecule has 1 saturated heterocycles. The van der Waals surface area contributed by atoms with Gasteiger partial charge >= 0.3 is 0 Å². The molecule has 1 N–H and O–H groups in total. The zero-order valence-electron chi connectivity index (χ0n) is 16.3. The zero-order chi connectivity index (χ0) is 20.5. The molecule has 0 radical (unpaired) electrons. The Bertz CT molecular complexity index is 1240. The van der Waals surface area contributed by atoms with E-state index in [4.69, 9.17) is 9.47 Å². The van der Waals surface area contributed by atoms with Crippen molar-refractivity contribution in [2.24, 2.45) is 0 Å². The van der Waals surface area contributed by atoms with Gasteiger partial charge in [-0.2, -0.15) is 5.10 Å². The van der Waals surface area contributed by atoms with Gasteiger partial charge in [0.05, 0.1) is 25.8 Å². The Hall–Kier alpha value is -3.78. The molecule has 0 atom stereocenters. The highest BCUT2D eigenvalue weighted by molar-refractivity contribution is 5.98. The summed E-state index contributed by atoms with van der Waals surface area (Å²) in [7, 11) is 1.64. The van der Waals surface area contributed by atoms with Gasteiger partial charge in [0.1, 0.15) is 23.9 Å². The molecule has 5 rings (SSSR count). The first-order valence-electron chi connectivity index (χ1n) is 9.55. The van der Waals surface area contributed by atoms with Gasteiger partial charge in [0.25, 0.3) is 5.91 Å². The average Bonchev–Trinajstić information content (AvgIpc) is 3.23. The number of benzene rings is 1. The van der Waals surface area contributed by atoms with Crippen molar-refractivity contribution < 1.29 is 14.3 Å². The van der Waals surface area contributed by atoms with Crippen LogP contribution < -0.4 is 9.64 Å². The van der Waals surface area contributed by atoms with Gasteiger partial charge in [-0.15, -0.1) is 0 Å². The van der Waals surface area contributed by atoms with Crippen LogP contribution in [0.1, 0.15) is 0 Å². The molecule has 150 valence electrons. The molecule has 1 aliphatic heterocycles. The normalized spacial score (nSPS) is 14.3. The van der Waals surface area contributed by atoms with Crippen LogP contribution in [0.15, 0.2) is 55.0 Å². The summed E-state index contributed by atoms with van der Waals surface area (Å²) < 4.78 is 10.7. The summed E-state index contributed by atoms with van der Waals surface area (Å²) in [6.07, 6.45) is 5.19. The maximum atomic E-state index is 12.2. The van der Waals surface area contributed by atoms with E-state index in [0.29, 0.717) is 19.0 Å². The molecule has 0 spiro atoms. The number of carbonyl (C=O) groups is 1. The van der Waals surface area contributed by atoms with E-state index in [0.717, 1.165) is 39.0 Å². The number of morpholine rings is 1. The minimum Gasteiger partial charge on any atom is -0.496 e. The van der Waals surface area contributed by atoms with E-state index in [1.54, 1.807) is 30.6 Å². The number of hydrogen-bond acceptors (Lipinski definition) is 6. The topological polar surface area (TPSA) is 93.2 Å². The van der Waals surface area contributed by atoms with Crippen LogP contribution in [0.3, 0.4) is 0 Å². The van der Waals surface area contributed by atoms with Gasteiger partial charge in [-0.1, -0.05) is 6.07 Å². The third kappa shape index (κ3) is 3.17. The molecule has 0 aliphatic carbocycles. The van der Waals surface area contributed by atoms with Crippen LogP contribution in [0.4, 0.5) is 5.82 Å². The molecule has 0 bridgehead atoms. The summed E-state index contributed by atoms with van der Waals surface area (Å²) >= 11 is 0. The Morgan fingerprint density at radius 2 is 2.07 bits per heavy atom. The number of nitrogens with zero attached hydrogens (tertiary/aromatic N) is 4. The number of rotatable bonds is 4. The van der Waals surface area contributed by atoms with Crippen LogP contribution in [0, 0.1) is 0 Å². The van der Waals surface area contributed by atoms with Crippen molar-refractivity contribution in [1.29, 1.82) is 0 Å². The Morgan fingerprint density at radius 3 is 2.93 bits per heavy atom. The number of hydrogen-bond donors (Lipinski definition) is 1. The third-order valence-corrected chi connectivity index (χ3v) is 5.16. The minimum absolute atomic E-state index is 0.0769. The van der Waals surface area contributed by atoms with Crippen molar-refractivity contribution in [3.05, 3.63) is 55.0 Å². The van der Waals surface area contributed by atoms with E-state index >= 15 is 0 Å². The predicted molar refractivity (Wildman–Crippen MR) is 112 cm³/mol. The maximum absolute atomic E-state index is 12.2. The van der Waals surface area contributed by atoms with Crippen LogP contribution in [-0.2, 0) is 9.53 Å². The number of anilines is 1. The second-order valence-electron chi connectivity index (χ2n) is 6.91. The molecule has 4 heterocycles. The van der Waals surface area contributed by atoms with Crippen LogP contribution >= 0.6 is 0 Å². The first-order valence-corrected chi connectivity index (χ1v) is 9.55. The van der Waals surface area contributed by atoms with Crippen molar-refractivity contribution in [2.45, 2.75) is 0 Å². The number of amides is 1. The minimum atomic E-state index is -0.0938. The first kappa shape index (κ1) is 18.3.